The van der Waals surface area contributed by atoms with Crippen molar-refractivity contribution in [1.82, 2.24) is 0 Å². The van der Waals surface area contributed by atoms with Crippen molar-refractivity contribution in [3.05, 3.63) is 58.2 Å². The standard InChI is InChI=1S/C23H30O7/c1-14-16(28-18(24)13-17(14)27-6)11-9-7-8-10-12-21(3)19(25)23(5)20(26)22(4,30-21)15(2)29-23/h7-13,15,19-20,25-26H,1-6H3/b8-7+,11-9+,12-10+/t15-,19-,20-,21-,22+,23+/m1/s1. The van der Waals surface area contributed by atoms with Crippen LogP contribution in [0.4, 0.5) is 0 Å². The number of rotatable bonds is 5. The van der Waals surface area contributed by atoms with E-state index >= 15 is 0 Å². The van der Waals surface area contributed by atoms with Crippen LogP contribution in [0, 0.1) is 6.92 Å². The van der Waals surface area contributed by atoms with Gasteiger partial charge in [-0.1, -0.05) is 30.4 Å². The van der Waals surface area contributed by atoms with E-state index in [2.05, 4.69) is 0 Å². The number of hydrogen-bond donors (Lipinski definition) is 2. The summed E-state index contributed by atoms with van der Waals surface area (Å²) in [5, 5.41) is 21.5. The molecule has 0 unspecified atom stereocenters. The van der Waals surface area contributed by atoms with E-state index < -0.39 is 34.6 Å². The first-order valence-electron chi connectivity index (χ1n) is 9.93. The van der Waals surface area contributed by atoms with Crippen molar-refractivity contribution >= 4 is 6.08 Å². The lowest BCUT2D eigenvalue weighted by molar-refractivity contribution is -0.261. The molecule has 30 heavy (non-hydrogen) atoms. The van der Waals surface area contributed by atoms with Crippen LogP contribution in [0.15, 0.2) is 45.7 Å². The fraction of sp³-hybridized carbons (Fsp3) is 0.522. The molecule has 2 aliphatic rings. The third-order valence-corrected chi connectivity index (χ3v) is 6.28. The van der Waals surface area contributed by atoms with Crippen LogP contribution in [-0.2, 0) is 9.47 Å². The maximum atomic E-state index is 11.6. The Hall–Kier alpha value is -2.19. The van der Waals surface area contributed by atoms with E-state index in [0.717, 1.165) is 5.56 Å². The Labute approximate surface area is 176 Å². The second-order valence-electron chi connectivity index (χ2n) is 8.44. The van der Waals surface area contributed by atoms with E-state index in [-0.39, 0.29) is 6.10 Å². The van der Waals surface area contributed by atoms with Crippen molar-refractivity contribution in [3.8, 4) is 5.75 Å². The predicted molar refractivity (Wildman–Crippen MR) is 112 cm³/mol. The van der Waals surface area contributed by atoms with Gasteiger partial charge >= 0.3 is 5.63 Å². The summed E-state index contributed by atoms with van der Waals surface area (Å²) in [5.41, 5.74) is -2.81. The molecular weight excluding hydrogens is 388 g/mol. The van der Waals surface area contributed by atoms with Crippen LogP contribution in [0.2, 0.25) is 0 Å². The highest BCUT2D eigenvalue weighted by Gasteiger charge is 2.70. The first-order valence-corrected chi connectivity index (χ1v) is 9.93. The van der Waals surface area contributed by atoms with Crippen molar-refractivity contribution in [2.24, 2.45) is 0 Å². The minimum atomic E-state index is -1.11. The Kier molecular flexibility index (Phi) is 5.86. The zero-order valence-electron chi connectivity index (χ0n) is 18.2. The lowest BCUT2D eigenvalue weighted by Gasteiger charge is -2.51. The smallest absolute Gasteiger partial charge is 0.339 e. The normalized spacial score (nSPS) is 38.9. The van der Waals surface area contributed by atoms with Gasteiger partial charge in [0.2, 0.25) is 0 Å². The van der Waals surface area contributed by atoms with Gasteiger partial charge in [0.1, 0.15) is 40.5 Å². The van der Waals surface area contributed by atoms with E-state index in [1.165, 1.54) is 13.2 Å². The van der Waals surface area contributed by atoms with Gasteiger partial charge in [0.15, 0.2) is 0 Å². The Bertz CT molecular complexity index is 945. The first kappa shape index (κ1) is 22.5. The fourth-order valence-electron chi connectivity index (χ4n) is 4.37. The number of aliphatic hydroxyl groups is 2. The number of methoxy groups -OCH3 is 1. The third kappa shape index (κ3) is 3.56. The molecule has 1 aromatic heterocycles. The van der Waals surface area contributed by atoms with Crippen LogP contribution in [-0.4, -0.2) is 52.4 Å². The SMILES string of the molecule is COc1cc(=O)oc(/C=C/C=C/C=C/[C@@]2(C)O[C@]3(C)[C@@H](O)[C@@](C)(O[C@@H]3C)[C@@H]2O)c1C. The molecular formula is C23H30O7. The Morgan fingerprint density at radius 2 is 1.73 bits per heavy atom. The van der Waals surface area contributed by atoms with Gasteiger partial charge in [-0.25, -0.2) is 4.79 Å². The lowest BCUT2D eigenvalue weighted by atomic mass is 9.73. The van der Waals surface area contributed by atoms with Crippen LogP contribution in [0.3, 0.4) is 0 Å². The molecule has 2 fully saturated rings. The highest BCUT2D eigenvalue weighted by atomic mass is 16.6. The number of hydrogen-bond acceptors (Lipinski definition) is 7. The molecule has 0 radical (unpaired) electrons. The van der Waals surface area contributed by atoms with Crippen LogP contribution < -0.4 is 10.4 Å². The van der Waals surface area contributed by atoms with Gasteiger partial charge in [0.25, 0.3) is 0 Å². The first-order chi connectivity index (χ1) is 14.0. The molecule has 164 valence electrons. The highest BCUT2D eigenvalue weighted by Crippen LogP contribution is 2.52. The average molecular weight is 418 g/mol. The van der Waals surface area contributed by atoms with Crippen LogP contribution >= 0.6 is 0 Å². The van der Waals surface area contributed by atoms with Gasteiger partial charge < -0.3 is 28.8 Å². The summed E-state index contributed by atoms with van der Waals surface area (Å²) in [4.78, 5) is 11.6. The van der Waals surface area contributed by atoms with Gasteiger partial charge in [0, 0.05) is 5.56 Å². The van der Waals surface area contributed by atoms with Crippen molar-refractivity contribution in [2.75, 3.05) is 7.11 Å². The Balaban J connectivity index is 1.74. The number of fused-ring (bicyclic) bond motifs is 2. The summed E-state index contributed by atoms with van der Waals surface area (Å²) in [6.45, 7) is 8.92. The summed E-state index contributed by atoms with van der Waals surface area (Å²) in [5.74, 6) is 0.893. The molecule has 2 bridgehead atoms. The zero-order valence-corrected chi connectivity index (χ0v) is 18.2. The summed E-state index contributed by atoms with van der Waals surface area (Å²) in [6, 6.07) is 1.30. The van der Waals surface area contributed by atoms with Crippen LogP contribution in [0.1, 0.15) is 39.0 Å². The molecule has 0 aromatic carbocycles. The molecule has 2 saturated heterocycles. The molecule has 7 nitrogen and oxygen atoms in total. The summed E-state index contributed by atoms with van der Waals surface area (Å²) < 4.78 is 22.4. The van der Waals surface area contributed by atoms with E-state index in [1.807, 2.05) is 6.92 Å². The average Bonchev–Trinajstić information content (AvgIpc) is 2.82. The van der Waals surface area contributed by atoms with Crippen LogP contribution in [0.25, 0.3) is 6.08 Å². The van der Waals surface area contributed by atoms with Gasteiger partial charge in [0.05, 0.1) is 19.3 Å². The van der Waals surface area contributed by atoms with E-state index in [1.54, 1.807) is 64.2 Å². The lowest BCUT2D eigenvalue weighted by Crippen LogP contribution is -2.69. The topological polar surface area (TPSA) is 98.4 Å². The molecule has 2 N–H and O–H groups in total. The third-order valence-electron chi connectivity index (χ3n) is 6.28. The predicted octanol–water partition coefficient (Wildman–Crippen LogP) is 2.53. The summed E-state index contributed by atoms with van der Waals surface area (Å²) in [7, 11) is 1.50. The Morgan fingerprint density at radius 3 is 2.40 bits per heavy atom. The van der Waals surface area contributed by atoms with Crippen molar-refractivity contribution in [3.63, 3.8) is 0 Å². The quantitative estimate of drug-likeness (QED) is 0.709. The maximum absolute atomic E-state index is 11.6. The van der Waals surface area contributed by atoms with Crippen molar-refractivity contribution in [1.29, 1.82) is 0 Å². The monoisotopic (exact) mass is 418 g/mol. The minimum absolute atomic E-state index is 0.360. The molecule has 0 aliphatic carbocycles. The largest absolute Gasteiger partial charge is 0.496 e. The van der Waals surface area contributed by atoms with Gasteiger partial charge in [-0.05, 0) is 40.7 Å². The molecule has 7 heteroatoms. The fourth-order valence-corrected chi connectivity index (χ4v) is 4.37. The second kappa shape index (κ2) is 7.81. The maximum Gasteiger partial charge on any atom is 0.339 e. The molecule has 0 spiro atoms. The Morgan fingerprint density at radius 1 is 1.07 bits per heavy atom. The van der Waals surface area contributed by atoms with Crippen molar-refractivity contribution < 1.29 is 28.8 Å². The van der Waals surface area contributed by atoms with Gasteiger partial charge in [-0.15, -0.1) is 0 Å². The molecule has 0 amide bonds. The molecule has 2 aliphatic heterocycles. The number of allylic oxidation sites excluding steroid dienone is 4. The number of aliphatic hydroxyl groups excluding tert-OH is 2. The number of ether oxygens (including phenoxy) is 3. The van der Waals surface area contributed by atoms with Gasteiger partial charge in [-0.2, -0.15) is 0 Å². The zero-order chi connectivity index (χ0) is 22.3. The van der Waals surface area contributed by atoms with E-state index in [4.69, 9.17) is 18.6 Å². The van der Waals surface area contributed by atoms with Gasteiger partial charge in [-0.3, -0.25) is 0 Å². The summed E-state index contributed by atoms with van der Waals surface area (Å²) in [6.07, 6.45) is 8.11. The van der Waals surface area contributed by atoms with Crippen molar-refractivity contribution in [2.45, 2.75) is 69.7 Å². The second-order valence-corrected chi connectivity index (χ2v) is 8.44. The molecule has 1 aromatic rings. The molecule has 3 rings (SSSR count). The highest BCUT2D eigenvalue weighted by molar-refractivity contribution is 5.52. The minimum Gasteiger partial charge on any atom is -0.496 e. The van der Waals surface area contributed by atoms with E-state index in [9.17, 15) is 15.0 Å². The molecule has 0 saturated carbocycles. The van der Waals surface area contributed by atoms with Crippen LogP contribution in [0.5, 0.6) is 5.75 Å². The molecule has 6 atom stereocenters. The van der Waals surface area contributed by atoms with E-state index in [0.29, 0.717) is 11.5 Å². The molecule has 3 heterocycles. The summed E-state index contributed by atoms with van der Waals surface area (Å²) >= 11 is 0.